The SMILES string of the molecule is CCn1cc(CC(O)c2occc2C)cn1. The molecule has 2 aromatic rings. The third-order valence-corrected chi connectivity index (χ3v) is 2.64. The summed E-state index contributed by atoms with van der Waals surface area (Å²) in [7, 11) is 0. The average molecular weight is 220 g/mol. The maximum absolute atomic E-state index is 9.99. The zero-order chi connectivity index (χ0) is 11.5. The van der Waals surface area contributed by atoms with E-state index in [1.807, 2.05) is 30.8 Å². The standard InChI is InChI=1S/C12H16N2O2/c1-3-14-8-10(7-13-14)6-11(15)12-9(2)4-5-16-12/h4-5,7-8,11,15H,3,6H2,1-2H3. The van der Waals surface area contributed by atoms with Gasteiger partial charge in [0.15, 0.2) is 0 Å². The van der Waals surface area contributed by atoms with Crippen molar-refractivity contribution in [3.05, 3.63) is 41.6 Å². The first-order chi connectivity index (χ1) is 7.70. The molecule has 4 nitrogen and oxygen atoms in total. The Labute approximate surface area is 94.5 Å². The Bertz CT molecular complexity index is 459. The van der Waals surface area contributed by atoms with Crippen molar-refractivity contribution in [2.24, 2.45) is 0 Å². The molecule has 1 unspecified atom stereocenters. The van der Waals surface area contributed by atoms with E-state index in [4.69, 9.17) is 4.42 Å². The Kier molecular flexibility index (Phi) is 3.10. The van der Waals surface area contributed by atoms with Crippen LogP contribution in [0.15, 0.2) is 29.1 Å². The van der Waals surface area contributed by atoms with Crippen LogP contribution in [0, 0.1) is 6.92 Å². The van der Waals surface area contributed by atoms with Crippen LogP contribution in [-0.2, 0) is 13.0 Å². The molecule has 0 aromatic carbocycles. The smallest absolute Gasteiger partial charge is 0.135 e. The second-order valence-corrected chi connectivity index (χ2v) is 3.89. The largest absolute Gasteiger partial charge is 0.466 e. The summed E-state index contributed by atoms with van der Waals surface area (Å²) in [5.74, 6) is 0.643. The van der Waals surface area contributed by atoms with Crippen LogP contribution in [0.4, 0.5) is 0 Å². The zero-order valence-corrected chi connectivity index (χ0v) is 9.55. The van der Waals surface area contributed by atoms with E-state index in [2.05, 4.69) is 5.10 Å². The third kappa shape index (κ3) is 2.17. The highest BCUT2D eigenvalue weighted by Gasteiger charge is 2.15. The lowest BCUT2D eigenvalue weighted by Crippen LogP contribution is -2.01. The predicted molar refractivity (Wildman–Crippen MR) is 60.0 cm³/mol. The van der Waals surface area contributed by atoms with Gasteiger partial charge in [0.1, 0.15) is 11.9 Å². The number of aliphatic hydroxyl groups excluding tert-OH is 1. The van der Waals surface area contributed by atoms with E-state index in [0.717, 1.165) is 17.7 Å². The van der Waals surface area contributed by atoms with Crippen molar-refractivity contribution in [2.45, 2.75) is 32.9 Å². The van der Waals surface area contributed by atoms with Crippen molar-refractivity contribution in [1.29, 1.82) is 0 Å². The first kappa shape index (κ1) is 11.0. The van der Waals surface area contributed by atoms with Gasteiger partial charge in [0.25, 0.3) is 0 Å². The highest BCUT2D eigenvalue weighted by atomic mass is 16.4. The van der Waals surface area contributed by atoms with Gasteiger partial charge in [-0.25, -0.2) is 0 Å². The predicted octanol–water partition coefficient (Wildman–Crippen LogP) is 2.08. The molecule has 1 atom stereocenters. The van der Waals surface area contributed by atoms with Crippen molar-refractivity contribution < 1.29 is 9.52 Å². The van der Waals surface area contributed by atoms with Gasteiger partial charge in [-0.3, -0.25) is 4.68 Å². The highest BCUT2D eigenvalue weighted by Crippen LogP contribution is 2.22. The molecule has 0 spiro atoms. The highest BCUT2D eigenvalue weighted by molar-refractivity contribution is 5.19. The van der Waals surface area contributed by atoms with Crippen LogP contribution in [0.25, 0.3) is 0 Å². The van der Waals surface area contributed by atoms with E-state index in [1.165, 1.54) is 0 Å². The molecule has 0 bridgehead atoms. The van der Waals surface area contributed by atoms with Gasteiger partial charge in [-0.15, -0.1) is 0 Å². The minimum Gasteiger partial charge on any atom is -0.466 e. The molecule has 86 valence electrons. The number of nitrogens with zero attached hydrogens (tertiary/aromatic N) is 2. The Morgan fingerprint density at radius 3 is 2.94 bits per heavy atom. The summed E-state index contributed by atoms with van der Waals surface area (Å²) < 4.78 is 7.10. The molecule has 2 rings (SSSR count). The Morgan fingerprint density at radius 2 is 2.38 bits per heavy atom. The summed E-state index contributed by atoms with van der Waals surface area (Å²) in [6.07, 6.45) is 5.27. The van der Waals surface area contributed by atoms with E-state index in [0.29, 0.717) is 12.2 Å². The molecule has 16 heavy (non-hydrogen) atoms. The molecule has 2 heterocycles. The zero-order valence-electron chi connectivity index (χ0n) is 9.55. The Balaban J connectivity index is 2.07. The van der Waals surface area contributed by atoms with Crippen molar-refractivity contribution >= 4 is 0 Å². The van der Waals surface area contributed by atoms with E-state index in [9.17, 15) is 5.11 Å². The molecule has 0 aliphatic rings. The Morgan fingerprint density at radius 1 is 1.56 bits per heavy atom. The van der Waals surface area contributed by atoms with Gasteiger partial charge in [-0.2, -0.15) is 5.10 Å². The average Bonchev–Trinajstić information content (AvgIpc) is 2.86. The lowest BCUT2D eigenvalue weighted by Gasteiger charge is -2.06. The topological polar surface area (TPSA) is 51.2 Å². The number of hydrogen-bond donors (Lipinski definition) is 1. The summed E-state index contributed by atoms with van der Waals surface area (Å²) in [5, 5.41) is 14.2. The molecule has 1 N–H and O–H groups in total. The number of hydrogen-bond acceptors (Lipinski definition) is 3. The first-order valence-corrected chi connectivity index (χ1v) is 5.44. The molecule has 0 amide bonds. The second-order valence-electron chi connectivity index (χ2n) is 3.89. The van der Waals surface area contributed by atoms with Gasteiger partial charge in [-0.05, 0) is 31.0 Å². The number of aliphatic hydroxyl groups is 1. The normalized spacial score (nSPS) is 12.9. The second kappa shape index (κ2) is 4.53. The van der Waals surface area contributed by atoms with Gasteiger partial charge in [-0.1, -0.05) is 0 Å². The van der Waals surface area contributed by atoms with Crippen LogP contribution in [0.3, 0.4) is 0 Å². The van der Waals surface area contributed by atoms with Gasteiger partial charge < -0.3 is 9.52 Å². The van der Waals surface area contributed by atoms with Crippen LogP contribution in [0.5, 0.6) is 0 Å². The van der Waals surface area contributed by atoms with Crippen LogP contribution >= 0.6 is 0 Å². The van der Waals surface area contributed by atoms with E-state index in [-0.39, 0.29) is 0 Å². The quantitative estimate of drug-likeness (QED) is 0.858. The van der Waals surface area contributed by atoms with E-state index >= 15 is 0 Å². The molecule has 0 saturated heterocycles. The minimum absolute atomic E-state index is 0.536. The van der Waals surface area contributed by atoms with Gasteiger partial charge in [0.05, 0.1) is 12.5 Å². The lowest BCUT2D eigenvalue weighted by molar-refractivity contribution is 0.149. The summed E-state index contributed by atoms with van der Waals surface area (Å²) in [4.78, 5) is 0. The maximum Gasteiger partial charge on any atom is 0.135 e. The van der Waals surface area contributed by atoms with Crippen molar-refractivity contribution in [3.63, 3.8) is 0 Å². The lowest BCUT2D eigenvalue weighted by atomic mass is 10.1. The number of aryl methyl sites for hydroxylation is 2. The van der Waals surface area contributed by atoms with Crippen molar-refractivity contribution in [3.8, 4) is 0 Å². The van der Waals surface area contributed by atoms with Crippen molar-refractivity contribution in [1.82, 2.24) is 9.78 Å². The molecule has 4 heteroatoms. The fraction of sp³-hybridized carbons (Fsp3) is 0.417. The minimum atomic E-state index is -0.593. The summed E-state index contributed by atoms with van der Waals surface area (Å²) >= 11 is 0. The van der Waals surface area contributed by atoms with Crippen LogP contribution in [0.2, 0.25) is 0 Å². The number of rotatable bonds is 4. The molecule has 0 radical (unpaired) electrons. The van der Waals surface area contributed by atoms with Crippen LogP contribution in [-0.4, -0.2) is 14.9 Å². The molecule has 0 saturated carbocycles. The number of aromatic nitrogens is 2. The number of furan rings is 1. The summed E-state index contributed by atoms with van der Waals surface area (Å²) in [6.45, 7) is 4.80. The maximum atomic E-state index is 9.99. The first-order valence-electron chi connectivity index (χ1n) is 5.44. The molecule has 2 aromatic heterocycles. The van der Waals surface area contributed by atoms with Crippen molar-refractivity contribution in [2.75, 3.05) is 0 Å². The summed E-state index contributed by atoms with van der Waals surface area (Å²) in [6, 6.07) is 1.86. The Hall–Kier alpha value is -1.55. The van der Waals surface area contributed by atoms with Gasteiger partial charge in [0, 0.05) is 19.2 Å². The van der Waals surface area contributed by atoms with Crippen LogP contribution in [0.1, 0.15) is 29.9 Å². The van der Waals surface area contributed by atoms with Crippen LogP contribution < -0.4 is 0 Å². The fourth-order valence-electron chi connectivity index (χ4n) is 1.73. The molecule has 0 aliphatic carbocycles. The van der Waals surface area contributed by atoms with Gasteiger partial charge >= 0.3 is 0 Å². The molecular weight excluding hydrogens is 204 g/mol. The fourth-order valence-corrected chi connectivity index (χ4v) is 1.73. The molecule has 0 aliphatic heterocycles. The monoisotopic (exact) mass is 220 g/mol. The molecule has 0 fully saturated rings. The van der Waals surface area contributed by atoms with E-state index in [1.54, 1.807) is 12.5 Å². The van der Waals surface area contributed by atoms with Gasteiger partial charge in [0.2, 0.25) is 0 Å². The van der Waals surface area contributed by atoms with E-state index < -0.39 is 6.10 Å². The summed E-state index contributed by atoms with van der Waals surface area (Å²) in [5.41, 5.74) is 2.00. The molecular formula is C12H16N2O2. The third-order valence-electron chi connectivity index (χ3n) is 2.64.